The maximum absolute atomic E-state index is 12.9. The minimum atomic E-state index is -0.787. The number of hydrogen-bond donors (Lipinski definition) is 1. The molecule has 1 atom stereocenters. The van der Waals surface area contributed by atoms with E-state index in [1.807, 2.05) is 31.2 Å². The number of aryl methyl sites for hydroxylation is 1. The summed E-state index contributed by atoms with van der Waals surface area (Å²) < 4.78 is 9.86. The number of nitrogens with zero attached hydrogens (tertiary/aromatic N) is 1. The van der Waals surface area contributed by atoms with E-state index in [0.29, 0.717) is 18.0 Å². The molecule has 2 aromatic rings. The SMILES string of the molecule is CCOC(=O)Oc1cc(C)c(C[C@H](N)C(=O)N2CCc3ccccc32)c(Cl)c1. The molecular formula is C21H23ClN2O4. The molecule has 1 heterocycles. The molecule has 0 bridgehead atoms. The summed E-state index contributed by atoms with van der Waals surface area (Å²) in [5.41, 5.74) is 9.84. The van der Waals surface area contributed by atoms with Gasteiger partial charge in [-0.2, -0.15) is 0 Å². The molecule has 0 unspecified atom stereocenters. The Hall–Kier alpha value is -2.57. The number of amides is 1. The molecular weight excluding hydrogens is 380 g/mol. The number of carbonyl (C=O) groups excluding carboxylic acids is 2. The zero-order valence-corrected chi connectivity index (χ0v) is 16.7. The van der Waals surface area contributed by atoms with Gasteiger partial charge in [-0.25, -0.2) is 4.79 Å². The van der Waals surface area contributed by atoms with Gasteiger partial charge >= 0.3 is 6.16 Å². The quantitative estimate of drug-likeness (QED) is 0.609. The third-order valence-corrected chi connectivity index (χ3v) is 5.09. The van der Waals surface area contributed by atoms with Gasteiger partial charge in [0.1, 0.15) is 5.75 Å². The number of anilines is 1. The molecule has 148 valence electrons. The van der Waals surface area contributed by atoms with Crippen LogP contribution in [0.2, 0.25) is 5.02 Å². The maximum atomic E-state index is 12.9. The molecule has 6 nitrogen and oxygen atoms in total. The van der Waals surface area contributed by atoms with Crippen molar-refractivity contribution >= 4 is 29.4 Å². The Morgan fingerprint density at radius 1 is 1.29 bits per heavy atom. The van der Waals surface area contributed by atoms with Gasteiger partial charge in [0.2, 0.25) is 5.91 Å². The number of benzene rings is 2. The lowest BCUT2D eigenvalue weighted by atomic mass is 10.00. The van der Waals surface area contributed by atoms with Crippen LogP contribution in [0.15, 0.2) is 36.4 Å². The molecule has 7 heteroatoms. The number of carbonyl (C=O) groups is 2. The molecule has 0 saturated carbocycles. The van der Waals surface area contributed by atoms with Crippen LogP contribution in [0.5, 0.6) is 5.75 Å². The molecule has 0 saturated heterocycles. The predicted octanol–water partition coefficient (Wildman–Crippen LogP) is 3.64. The number of fused-ring (bicyclic) bond motifs is 1. The molecule has 1 aliphatic rings. The summed E-state index contributed by atoms with van der Waals surface area (Å²) >= 11 is 6.37. The van der Waals surface area contributed by atoms with Crippen LogP contribution in [-0.2, 0) is 22.4 Å². The van der Waals surface area contributed by atoms with Gasteiger partial charge in [-0.05, 0) is 61.6 Å². The van der Waals surface area contributed by atoms with Crippen LogP contribution in [0.25, 0.3) is 0 Å². The second kappa shape index (κ2) is 8.63. The van der Waals surface area contributed by atoms with Gasteiger partial charge in [0.15, 0.2) is 0 Å². The molecule has 2 N–H and O–H groups in total. The summed E-state index contributed by atoms with van der Waals surface area (Å²) in [7, 11) is 0. The summed E-state index contributed by atoms with van der Waals surface area (Å²) in [6.45, 7) is 4.38. The first-order chi connectivity index (χ1) is 13.4. The maximum Gasteiger partial charge on any atom is 0.513 e. The second-order valence-electron chi connectivity index (χ2n) is 6.66. The van der Waals surface area contributed by atoms with Crippen molar-refractivity contribution in [3.8, 4) is 5.75 Å². The smallest absolute Gasteiger partial charge is 0.434 e. The topological polar surface area (TPSA) is 81.9 Å². The summed E-state index contributed by atoms with van der Waals surface area (Å²) in [5.74, 6) is 0.158. The van der Waals surface area contributed by atoms with Crippen molar-refractivity contribution in [1.82, 2.24) is 0 Å². The molecule has 0 aromatic heterocycles. The van der Waals surface area contributed by atoms with Crippen LogP contribution in [0.4, 0.5) is 10.5 Å². The van der Waals surface area contributed by atoms with Crippen LogP contribution >= 0.6 is 11.6 Å². The van der Waals surface area contributed by atoms with Gasteiger partial charge in [-0.3, -0.25) is 4.79 Å². The van der Waals surface area contributed by atoms with Gasteiger partial charge < -0.3 is 20.1 Å². The highest BCUT2D eigenvalue weighted by molar-refractivity contribution is 6.31. The predicted molar refractivity (Wildman–Crippen MR) is 108 cm³/mol. The number of ether oxygens (including phenoxy) is 2. The lowest BCUT2D eigenvalue weighted by Crippen LogP contribution is -2.44. The van der Waals surface area contributed by atoms with Crippen molar-refractivity contribution in [3.63, 3.8) is 0 Å². The van der Waals surface area contributed by atoms with Crippen LogP contribution in [0, 0.1) is 6.92 Å². The Morgan fingerprint density at radius 3 is 2.75 bits per heavy atom. The van der Waals surface area contributed by atoms with Gasteiger partial charge in [-0.1, -0.05) is 29.8 Å². The number of halogens is 1. The van der Waals surface area contributed by atoms with E-state index in [1.54, 1.807) is 17.9 Å². The highest BCUT2D eigenvalue weighted by Crippen LogP contribution is 2.30. The fraction of sp³-hybridized carbons (Fsp3) is 0.333. The minimum Gasteiger partial charge on any atom is -0.434 e. The lowest BCUT2D eigenvalue weighted by molar-refractivity contribution is -0.119. The highest BCUT2D eigenvalue weighted by Gasteiger charge is 2.29. The number of nitrogens with two attached hydrogens (primary N) is 1. The second-order valence-corrected chi connectivity index (χ2v) is 7.07. The van der Waals surface area contributed by atoms with Crippen molar-refractivity contribution in [1.29, 1.82) is 0 Å². The zero-order chi connectivity index (χ0) is 20.3. The van der Waals surface area contributed by atoms with Crippen molar-refractivity contribution in [2.45, 2.75) is 32.7 Å². The Kier molecular flexibility index (Phi) is 6.21. The number of hydrogen-bond acceptors (Lipinski definition) is 5. The van der Waals surface area contributed by atoms with E-state index in [0.717, 1.165) is 28.8 Å². The average Bonchev–Trinajstić information content (AvgIpc) is 3.08. The third kappa shape index (κ3) is 4.29. The number of rotatable bonds is 5. The van der Waals surface area contributed by atoms with E-state index < -0.39 is 12.2 Å². The monoisotopic (exact) mass is 402 g/mol. The molecule has 1 amide bonds. The fourth-order valence-electron chi connectivity index (χ4n) is 3.38. The minimum absolute atomic E-state index is 0.132. The molecule has 2 aromatic carbocycles. The van der Waals surface area contributed by atoms with Crippen molar-refractivity contribution in [2.75, 3.05) is 18.1 Å². The van der Waals surface area contributed by atoms with Crippen molar-refractivity contribution < 1.29 is 19.1 Å². The molecule has 28 heavy (non-hydrogen) atoms. The van der Waals surface area contributed by atoms with E-state index >= 15 is 0 Å². The summed E-state index contributed by atoms with van der Waals surface area (Å²) in [6, 6.07) is 10.3. The van der Waals surface area contributed by atoms with Crippen molar-refractivity contribution in [3.05, 3.63) is 58.1 Å². The first-order valence-electron chi connectivity index (χ1n) is 9.19. The molecule has 0 radical (unpaired) electrons. The van der Waals surface area contributed by atoms with Crippen molar-refractivity contribution in [2.24, 2.45) is 5.73 Å². The van der Waals surface area contributed by atoms with E-state index in [9.17, 15) is 9.59 Å². The Labute approximate surface area is 169 Å². The van der Waals surface area contributed by atoms with E-state index in [-0.39, 0.29) is 18.3 Å². The average molecular weight is 403 g/mol. The summed E-state index contributed by atoms with van der Waals surface area (Å²) in [4.78, 5) is 26.1. The fourth-order valence-corrected chi connectivity index (χ4v) is 3.71. The molecule has 3 rings (SSSR count). The largest absolute Gasteiger partial charge is 0.513 e. The first kappa shape index (κ1) is 20.2. The zero-order valence-electron chi connectivity index (χ0n) is 15.9. The van der Waals surface area contributed by atoms with Gasteiger partial charge in [0.25, 0.3) is 0 Å². The normalized spacial score (nSPS) is 13.8. The van der Waals surface area contributed by atoms with Gasteiger partial charge in [-0.15, -0.1) is 0 Å². The Bertz CT molecular complexity index is 877. The standard InChI is InChI=1S/C21H23ClN2O4/c1-3-27-21(26)28-15-10-13(2)16(17(22)11-15)12-18(23)20(25)24-9-8-14-6-4-5-7-19(14)24/h4-7,10-11,18H,3,8-9,12,23H2,1-2H3/t18-/m0/s1. The molecule has 0 spiro atoms. The van der Waals surface area contributed by atoms with Crippen LogP contribution in [-0.4, -0.2) is 31.3 Å². The van der Waals surface area contributed by atoms with Crippen LogP contribution < -0.4 is 15.4 Å². The summed E-state index contributed by atoms with van der Waals surface area (Å²) in [5, 5.41) is 0.393. The van der Waals surface area contributed by atoms with Crippen LogP contribution in [0.1, 0.15) is 23.6 Å². The van der Waals surface area contributed by atoms with Gasteiger partial charge in [0, 0.05) is 17.3 Å². The molecule has 0 aliphatic carbocycles. The summed E-state index contributed by atoms with van der Waals surface area (Å²) in [6.07, 6.45) is 0.334. The van der Waals surface area contributed by atoms with E-state index in [1.165, 1.54) is 6.07 Å². The highest BCUT2D eigenvalue weighted by atomic mass is 35.5. The third-order valence-electron chi connectivity index (χ3n) is 4.75. The Morgan fingerprint density at radius 2 is 2.04 bits per heavy atom. The van der Waals surface area contributed by atoms with Crippen LogP contribution in [0.3, 0.4) is 0 Å². The van der Waals surface area contributed by atoms with E-state index in [2.05, 4.69) is 0 Å². The van der Waals surface area contributed by atoms with Gasteiger partial charge in [0.05, 0.1) is 12.6 Å². The first-order valence-corrected chi connectivity index (χ1v) is 9.57. The molecule has 0 fully saturated rings. The molecule has 1 aliphatic heterocycles. The van der Waals surface area contributed by atoms with E-state index in [4.69, 9.17) is 26.8 Å². The number of para-hydroxylation sites is 1. The lowest BCUT2D eigenvalue weighted by Gasteiger charge is -2.22. The Balaban J connectivity index is 1.73.